The zero-order chi connectivity index (χ0) is 8.55. The van der Waals surface area contributed by atoms with Crippen LogP contribution in [0.4, 0.5) is 0 Å². The van der Waals surface area contributed by atoms with E-state index in [2.05, 4.69) is 9.98 Å². The highest BCUT2D eigenvalue weighted by atomic mass is 16.5. The molecular weight excluding hydrogens is 156 g/mol. The van der Waals surface area contributed by atoms with Gasteiger partial charge in [0.05, 0.1) is 17.9 Å². The van der Waals surface area contributed by atoms with Gasteiger partial charge in [-0.1, -0.05) is 0 Å². The lowest BCUT2D eigenvalue weighted by Gasteiger charge is -2.24. The van der Waals surface area contributed by atoms with Crippen LogP contribution in [0.25, 0.3) is 0 Å². The highest BCUT2D eigenvalue weighted by Crippen LogP contribution is 2.14. The average molecular weight is 166 g/mol. The summed E-state index contributed by atoms with van der Waals surface area (Å²) in [4.78, 5) is 8.05. The first kappa shape index (κ1) is 7.30. The lowest BCUT2D eigenvalue weighted by molar-refractivity contribution is 0.235. The van der Waals surface area contributed by atoms with Crippen LogP contribution >= 0.6 is 0 Å². The van der Waals surface area contributed by atoms with Crippen molar-refractivity contribution in [3.8, 4) is 0 Å². The number of nitrogens with zero attached hydrogens (tertiary/aromatic N) is 2. The SMILES string of the molecule is NC1=NC(N)N=C2C=COCC12. The predicted octanol–water partition coefficient (Wildman–Crippen LogP) is -0.799. The van der Waals surface area contributed by atoms with Crippen LogP contribution in [0, 0.1) is 5.92 Å². The van der Waals surface area contributed by atoms with E-state index in [1.165, 1.54) is 0 Å². The van der Waals surface area contributed by atoms with Gasteiger partial charge in [-0.2, -0.15) is 0 Å². The van der Waals surface area contributed by atoms with Crippen LogP contribution < -0.4 is 11.5 Å². The van der Waals surface area contributed by atoms with E-state index in [0.29, 0.717) is 12.4 Å². The Morgan fingerprint density at radius 3 is 3.17 bits per heavy atom. The summed E-state index contributed by atoms with van der Waals surface area (Å²) in [6.45, 7) is 0.511. The molecule has 2 aliphatic rings. The molecule has 0 aromatic rings. The molecule has 2 aliphatic heterocycles. The van der Waals surface area contributed by atoms with Gasteiger partial charge in [0.25, 0.3) is 0 Å². The summed E-state index contributed by atoms with van der Waals surface area (Å²) in [6.07, 6.45) is 2.83. The molecule has 0 spiro atoms. The fourth-order valence-corrected chi connectivity index (χ4v) is 1.27. The fourth-order valence-electron chi connectivity index (χ4n) is 1.27. The van der Waals surface area contributed by atoms with Crippen LogP contribution in [0.15, 0.2) is 22.3 Å². The van der Waals surface area contributed by atoms with Crippen molar-refractivity contribution < 1.29 is 4.74 Å². The predicted molar refractivity (Wildman–Crippen MR) is 45.6 cm³/mol. The minimum absolute atomic E-state index is 0.00481. The summed E-state index contributed by atoms with van der Waals surface area (Å²) in [6, 6.07) is 0. The van der Waals surface area contributed by atoms with E-state index in [1.54, 1.807) is 12.3 Å². The monoisotopic (exact) mass is 166 g/mol. The molecule has 2 heterocycles. The van der Waals surface area contributed by atoms with Gasteiger partial charge < -0.3 is 10.5 Å². The summed E-state index contributed by atoms with van der Waals surface area (Å²) >= 11 is 0. The largest absolute Gasteiger partial charge is 0.500 e. The van der Waals surface area contributed by atoms with E-state index in [9.17, 15) is 0 Å². The lowest BCUT2D eigenvalue weighted by atomic mass is 10.0. The van der Waals surface area contributed by atoms with Gasteiger partial charge >= 0.3 is 0 Å². The number of hydrogen-bond acceptors (Lipinski definition) is 5. The number of nitrogens with two attached hydrogens (primary N) is 2. The van der Waals surface area contributed by atoms with E-state index < -0.39 is 6.29 Å². The highest BCUT2D eigenvalue weighted by Gasteiger charge is 2.26. The van der Waals surface area contributed by atoms with Crippen molar-refractivity contribution in [2.24, 2.45) is 27.4 Å². The highest BCUT2D eigenvalue weighted by molar-refractivity contribution is 6.12. The standard InChI is InChI=1S/C7H10N4O/c8-6-4-3-12-2-1-5(4)10-7(9)11-6/h1-2,4,7H,3,9H2,(H2,8,11). The van der Waals surface area contributed by atoms with E-state index >= 15 is 0 Å². The van der Waals surface area contributed by atoms with E-state index in [1.807, 2.05) is 0 Å². The third kappa shape index (κ3) is 1.08. The molecule has 0 bridgehead atoms. The molecule has 0 fully saturated rings. The number of allylic oxidation sites excluding steroid dienone is 1. The molecule has 0 amide bonds. The molecule has 0 saturated carbocycles. The fraction of sp³-hybridized carbons (Fsp3) is 0.429. The van der Waals surface area contributed by atoms with Gasteiger partial charge in [-0.3, -0.25) is 5.73 Å². The van der Waals surface area contributed by atoms with Gasteiger partial charge in [0.1, 0.15) is 12.4 Å². The van der Waals surface area contributed by atoms with E-state index in [-0.39, 0.29) is 5.92 Å². The molecule has 0 aromatic heterocycles. The zero-order valence-corrected chi connectivity index (χ0v) is 6.47. The summed E-state index contributed by atoms with van der Waals surface area (Å²) in [7, 11) is 0. The lowest BCUT2D eigenvalue weighted by Crippen LogP contribution is -2.41. The smallest absolute Gasteiger partial charge is 0.193 e. The van der Waals surface area contributed by atoms with Crippen LogP contribution in [-0.2, 0) is 4.74 Å². The Morgan fingerprint density at radius 1 is 1.50 bits per heavy atom. The molecule has 0 saturated heterocycles. The third-order valence-electron chi connectivity index (χ3n) is 1.87. The Morgan fingerprint density at radius 2 is 2.33 bits per heavy atom. The van der Waals surface area contributed by atoms with Crippen molar-refractivity contribution in [3.05, 3.63) is 12.3 Å². The van der Waals surface area contributed by atoms with E-state index in [4.69, 9.17) is 16.2 Å². The molecule has 2 unspecified atom stereocenters. The van der Waals surface area contributed by atoms with Crippen molar-refractivity contribution in [2.45, 2.75) is 6.29 Å². The Bertz CT molecular complexity index is 281. The Kier molecular flexibility index (Phi) is 1.58. The molecule has 5 nitrogen and oxygen atoms in total. The van der Waals surface area contributed by atoms with Crippen molar-refractivity contribution in [3.63, 3.8) is 0 Å². The second-order valence-electron chi connectivity index (χ2n) is 2.71. The number of rotatable bonds is 0. The van der Waals surface area contributed by atoms with Gasteiger partial charge in [0.15, 0.2) is 6.29 Å². The second kappa shape index (κ2) is 2.60. The maximum atomic E-state index is 5.66. The second-order valence-corrected chi connectivity index (χ2v) is 2.71. The minimum atomic E-state index is -0.543. The molecule has 2 atom stereocenters. The molecule has 12 heavy (non-hydrogen) atoms. The first-order valence-electron chi connectivity index (χ1n) is 3.72. The van der Waals surface area contributed by atoms with Gasteiger partial charge in [0, 0.05) is 0 Å². The van der Waals surface area contributed by atoms with Crippen LogP contribution in [0.5, 0.6) is 0 Å². The summed E-state index contributed by atoms with van der Waals surface area (Å²) in [5.74, 6) is 0.506. The molecule has 2 rings (SSSR count). The molecular formula is C7H10N4O. The molecule has 64 valence electrons. The maximum Gasteiger partial charge on any atom is 0.193 e. The van der Waals surface area contributed by atoms with Crippen molar-refractivity contribution in [1.29, 1.82) is 0 Å². The van der Waals surface area contributed by atoms with Gasteiger partial charge in [-0.15, -0.1) is 0 Å². The Labute approximate surface area is 69.8 Å². The number of ether oxygens (including phenoxy) is 1. The van der Waals surface area contributed by atoms with Gasteiger partial charge in [-0.25, -0.2) is 9.98 Å². The molecule has 4 N–H and O–H groups in total. The first-order valence-corrected chi connectivity index (χ1v) is 3.72. The molecule has 5 heteroatoms. The van der Waals surface area contributed by atoms with Gasteiger partial charge in [-0.05, 0) is 6.08 Å². The topological polar surface area (TPSA) is 86.0 Å². The Balaban J connectivity index is 2.32. The van der Waals surface area contributed by atoms with E-state index in [0.717, 1.165) is 5.71 Å². The molecule has 0 aromatic carbocycles. The minimum Gasteiger partial charge on any atom is -0.500 e. The normalized spacial score (nSPS) is 33.1. The quantitative estimate of drug-likeness (QED) is 0.494. The van der Waals surface area contributed by atoms with Crippen LogP contribution in [-0.4, -0.2) is 24.4 Å². The summed E-state index contributed by atoms with van der Waals surface area (Å²) < 4.78 is 5.08. The number of hydrogen-bond donors (Lipinski definition) is 2. The number of amidine groups is 1. The average Bonchev–Trinajstić information content (AvgIpc) is 2.04. The Hall–Kier alpha value is -1.36. The first-order chi connectivity index (χ1) is 5.77. The van der Waals surface area contributed by atoms with Crippen LogP contribution in [0.1, 0.15) is 0 Å². The third-order valence-corrected chi connectivity index (χ3v) is 1.87. The van der Waals surface area contributed by atoms with Gasteiger partial charge in [0.2, 0.25) is 0 Å². The van der Waals surface area contributed by atoms with Crippen molar-refractivity contribution >= 4 is 11.5 Å². The van der Waals surface area contributed by atoms with Crippen molar-refractivity contribution in [2.75, 3.05) is 6.61 Å². The summed E-state index contributed by atoms with van der Waals surface area (Å²) in [5.41, 5.74) is 12.0. The number of aliphatic imine (C=N–C) groups is 2. The van der Waals surface area contributed by atoms with Crippen LogP contribution in [0.3, 0.4) is 0 Å². The summed E-state index contributed by atoms with van der Waals surface area (Å²) in [5, 5.41) is 0. The molecule has 0 radical (unpaired) electrons. The van der Waals surface area contributed by atoms with Crippen LogP contribution in [0.2, 0.25) is 0 Å². The maximum absolute atomic E-state index is 5.66. The molecule has 0 aliphatic carbocycles. The van der Waals surface area contributed by atoms with Crippen molar-refractivity contribution in [1.82, 2.24) is 0 Å². The number of fused-ring (bicyclic) bond motifs is 1. The zero-order valence-electron chi connectivity index (χ0n) is 6.47.